The molecule has 0 fully saturated rings. The summed E-state index contributed by atoms with van der Waals surface area (Å²) in [5.74, 6) is -2.00. The van der Waals surface area contributed by atoms with Gasteiger partial charge in [0.15, 0.2) is 0 Å². The number of amides is 1. The topological polar surface area (TPSA) is 46.9 Å². The van der Waals surface area contributed by atoms with Crippen LogP contribution in [0.4, 0.5) is 18.9 Å². The Bertz CT molecular complexity index is 549. The van der Waals surface area contributed by atoms with Crippen LogP contribution >= 0.6 is 0 Å². The normalized spacial score (nSPS) is 11.3. The first kappa shape index (κ1) is 12.2. The molecule has 94 valence electrons. The number of imidazole rings is 1. The van der Waals surface area contributed by atoms with Gasteiger partial charge in [0.25, 0.3) is 0 Å². The van der Waals surface area contributed by atoms with Gasteiger partial charge >= 0.3 is 12.1 Å². The molecule has 0 aliphatic rings. The molecule has 0 aliphatic carbocycles. The fourth-order valence-corrected chi connectivity index (χ4v) is 1.36. The number of carbonyl (C=O) groups excluding carboxylic acids is 1. The third-order valence-corrected chi connectivity index (χ3v) is 2.16. The van der Waals surface area contributed by atoms with Crippen LogP contribution in [0.2, 0.25) is 0 Å². The third kappa shape index (κ3) is 2.68. The quantitative estimate of drug-likeness (QED) is 0.895. The lowest BCUT2D eigenvalue weighted by Crippen LogP contribution is -2.29. The average molecular weight is 255 g/mol. The molecule has 18 heavy (non-hydrogen) atoms. The van der Waals surface area contributed by atoms with Crippen LogP contribution in [0.5, 0.6) is 0 Å². The van der Waals surface area contributed by atoms with E-state index in [0.717, 1.165) is 0 Å². The van der Waals surface area contributed by atoms with Gasteiger partial charge in [-0.2, -0.15) is 13.2 Å². The first-order chi connectivity index (χ1) is 8.47. The molecule has 0 atom stereocenters. The fourth-order valence-electron chi connectivity index (χ4n) is 1.36. The molecule has 0 aliphatic heterocycles. The van der Waals surface area contributed by atoms with Gasteiger partial charge in [-0.15, -0.1) is 0 Å². The van der Waals surface area contributed by atoms with Crippen molar-refractivity contribution in [3.63, 3.8) is 0 Å². The van der Waals surface area contributed by atoms with E-state index in [4.69, 9.17) is 0 Å². The minimum absolute atomic E-state index is 0.0727. The van der Waals surface area contributed by atoms with Crippen LogP contribution in [0.15, 0.2) is 43.0 Å². The van der Waals surface area contributed by atoms with Crippen molar-refractivity contribution in [1.82, 2.24) is 9.55 Å². The first-order valence-corrected chi connectivity index (χ1v) is 4.93. The number of nitrogens with zero attached hydrogens (tertiary/aromatic N) is 2. The molecule has 0 radical (unpaired) electrons. The van der Waals surface area contributed by atoms with Gasteiger partial charge in [-0.1, -0.05) is 6.07 Å². The van der Waals surface area contributed by atoms with Crippen LogP contribution in [-0.2, 0) is 4.79 Å². The molecule has 7 heteroatoms. The molecule has 2 rings (SSSR count). The van der Waals surface area contributed by atoms with Crippen molar-refractivity contribution >= 4 is 11.6 Å². The minimum atomic E-state index is -4.90. The van der Waals surface area contributed by atoms with Crippen LogP contribution in [0.25, 0.3) is 5.69 Å². The summed E-state index contributed by atoms with van der Waals surface area (Å²) >= 11 is 0. The van der Waals surface area contributed by atoms with E-state index < -0.39 is 12.1 Å². The van der Waals surface area contributed by atoms with E-state index in [1.807, 2.05) is 0 Å². The van der Waals surface area contributed by atoms with Gasteiger partial charge in [0, 0.05) is 23.8 Å². The molecule has 0 saturated carbocycles. The van der Waals surface area contributed by atoms with Crippen molar-refractivity contribution in [3.8, 4) is 5.69 Å². The van der Waals surface area contributed by atoms with E-state index in [1.165, 1.54) is 18.5 Å². The van der Waals surface area contributed by atoms with Gasteiger partial charge in [-0.25, -0.2) is 4.98 Å². The average Bonchev–Trinajstić information content (AvgIpc) is 2.81. The molecule has 1 aromatic heterocycles. The predicted molar refractivity (Wildman–Crippen MR) is 58.2 cm³/mol. The first-order valence-electron chi connectivity index (χ1n) is 4.93. The molecule has 0 spiro atoms. The van der Waals surface area contributed by atoms with Crippen LogP contribution in [0, 0.1) is 0 Å². The zero-order valence-corrected chi connectivity index (χ0v) is 8.98. The number of hydrogen-bond acceptors (Lipinski definition) is 2. The maximum Gasteiger partial charge on any atom is 0.471 e. The highest BCUT2D eigenvalue weighted by molar-refractivity contribution is 5.95. The number of anilines is 1. The summed E-state index contributed by atoms with van der Waals surface area (Å²) in [5.41, 5.74) is 0.677. The van der Waals surface area contributed by atoms with Gasteiger partial charge in [0.2, 0.25) is 0 Å². The molecule has 0 bridgehead atoms. The molecule has 1 heterocycles. The summed E-state index contributed by atoms with van der Waals surface area (Å²) < 4.78 is 37.9. The lowest BCUT2D eigenvalue weighted by atomic mass is 10.2. The second-order valence-corrected chi connectivity index (χ2v) is 3.47. The second kappa shape index (κ2) is 4.52. The molecule has 2 aromatic rings. The Morgan fingerprint density at radius 1 is 1.33 bits per heavy atom. The Hall–Kier alpha value is -2.31. The van der Waals surface area contributed by atoms with E-state index in [9.17, 15) is 18.0 Å². The van der Waals surface area contributed by atoms with E-state index in [1.54, 1.807) is 34.4 Å². The lowest BCUT2D eigenvalue weighted by molar-refractivity contribution is -0.167. The van der Waals surface area contributed by atoms with Crippen molar-refractivity contribution in [3.05, 3.63) is 43.0 Å². The molecule has 1 aromatic carbocycles. The van der Waals surface area contributed by atoms with Crippen LogP contribution in [-0.4, -0.2) is 21.6 Å². The summed E-state index contributed by atoms with van der Waals surface area (Å²) in [6.45, 7) is 0. The van der Waals surface area contributed by atoms with E-state index in [2.05, 4.69) is 4.98 Å². The summed E-state index contributed by atoms with van der Waals surface area (Å²) in [6, 6.07) is 6.03. The van der Waals surface area contributed by atoms with Gasteiger partial charge in [0.1, 0.15) is 0 Å². The van der Waals surface area contributed by atoms with Gasteiger partial charge in [-0.3, -0.25) is 4.79 Å². The van der Waals surface area contributed by atoms with Crippen molar-refractivity contribution in [2.45, 2.75) is 6.18 Å². The second-order valence-electron chi connectivity index (χ2n) is 3.47. The van der Waals surface area contributed by atoms with Crippen molar-refractivity contribution in [1.29, 1.82) is 0 Å². The summed E-state index contributed by atoms with van der Waals surface area (Å²) in [5, 5.41) is 1.79. The fraction of sp³-hybridized carbons (Fsp3) is 0.0909. The Morgan fingerprint density at radius 3 is 2.72 bits per heavy atom. The number of hydrogen-bond donors (Lipinski definition) is 1. The highest BCUT2D eigenvalue weighted by atomic mass is 19.4. The maximum atomic E-state index is 12.1. The molecule has 0 unspecified atom stereocenters. The van der Waals surface area contributed by atoms with E-state index in [0.29, 0.717) is 5.69 Å². The summed E-state index contributed by atoms with van der Waals surface area (Å²) in [6.07, 6.45) is -0.207. The molecule has 1 amide bonds. The molecule has 0 saturated heterocycles. The van der Waals surface area contributed by atoms with E-state index in [-0.39, 0.29) is 5.69 Å². The Labute approximate surface area is 100 Å². The Kier molecular flexibility index (Phi) is 3.05. The molecule has 4 nitrogen and oxygen atoms in total. The predicted octanol–water partition coefficient (Wildman–Crippen LogP) is 2.37. The molecule has 1 N–H and O–H groups in total. The molecular weight excluding hydrogens is 247 g/mol. The molecular formula is C11H8F3N3O. The van der Waals surface area contributed by atoms with Crippen molar-refractivity contribution < 1.29 is 18.0 Å². The summed E-state index contributed by atoms with van der Waals surface area (Å²) in [4.78, 5) is 14.6. The number of benzene rings is 1. The number of carbonyl (C=O) groups is 1. The van der Waals surface area contributed by atoms with Crippen LogP contribution < -0.4 is 5.32 Å². The van der Waals surface area contributed by atoms with Crippen LogP contribution in [0.3, 0.4) is 0 Å². The van der Waals surface area contributed by atoms with Crippen molar-refractivity contribution in [2.75, 3.05) is 5.32 Å². The number of halogens is 3. The number of alkyl halides is 3. The standard InChI is InChI=1S/C11H8F3N3O/c12-11(13,14)10(18)16-8-2-1-3-9(6-8)17-5-4-15-7-17/h1-7H,(H,16,18). The smallest absolute Gasteiger partial charge is 0.318 e. The zero-order chi connectivity index (χ0) is 13.2. The Morgan fingerprint density at radius 2 is 2.11 bits per heavy atom. The third-order valence-electron chi connectivity index (χ3n) is 2.16. The monoisotopic (exact) mass is 255 g/mol. The minimum Gasteiger partial charge on any atom is -0.318 e. The number of rotatable bonds is 2. The number of aromatic nitrogens is 2. The lowest BCUT2D eigenvalue weighted by Gasteiger charge is -2.09. The highest BCUT2D eigenvalue weighted by Gasteiger charge is 2.38. The highest BCUT2D eigenvalue weighted by Crippen LogP contribution is 2.19. The largest absolute Gasteiger partial charge is 0.471 e. The van der Waals surface area contributed by atoms with Crippen LogP contribution in [0.1, 0.15) is 0 Å². The maximum absolute atomic E-state index is 12.1. The Balaban J connectivity index is 2.21. The van der Waals surface area contributed by atoms with Gasteiger partial charge in [-0.05, 0) is 18.2 Å². The van der Waals surface area contributed by atoms with Crippen molar-refractivity contribution in [2.24, 2.45) is 0 Å². The number of nitrogens with one attached hydrogen (secondary N) is 1. The SMILES string of the molecule is O=C(Nc1cccc(-n2ccnc2)c1)C(F)(F)F. The van der Waals surface area contributed by atoms with Gasteiger partial charge in [0.05, 0.1) is 6.33 Å². The van der Waals surface area contributed by atoms with Gasteiger partial charge < -0.3 is 9.88 Å². The zero-order valence-electron chi connectivity index (χ0n) is 8.98. The van der Waals surface area contributed by atoms with E-state index >= 15 is 0 Å². The summed E-state index contributed by atoms with van der Waals surface area (Å²) in [7, 11) is 0.